The average molecular weight is 1030 g/mol. The number of hydrogen-bond donors (Lipinski definition) is 0. The number of ether oxygens (including phenoxy) is 3. The Hall–Kier alpha value is -3.93. The van der Waals surface area contributed by atoms with Crippen LogP contribution in [0.25, 0.3) is 0 Å². The molecule has 0 N–H and O–H groups in total. The Morgan fingerprint density at radius 1 is 0.284 bits per heavy atom. The predicted octanol–water partition coefficient (Wildman–Crippen LogP) is 21.0. The van der Waals surface area contributed by atoms with Crippen LogP contribution in [0, 0.1) is 0 Å². The van der Waals surface area contributed by atoms with E-state index in [0.717, 1.165) is 103 Å². The molecule has 0 aromatic rings. The van der Waals surface area contributed by atoms with Crippen LogP contribution in [-0.2, 0) is 28.6 Å². The van der Waals surface area contributed by atoms with Gasteiger partial charge in [-0.05, 0) is 89.9 Å². The van der Waals surface area contributed by atoms with Crippen molar-refractivity contribution in [2.75, 3.05) is 13.2 Å². The highest BCUT2D eigenvalue weighted by Crippen LogP contribution is 2.17. The summed E-state index contributed by atoms with van der Waals surface area (Å²) in [6.45, 7) is 6.34. The number of allylic oxidation sites excluding steroid dienone is 18. The number of unbranched alkanes of at least 4 members (excludes halogenated alkanes) is 26. The van der Waals surface area contributed by atoms with Crippen LogP contribution < -0.4 is 0 Å². The van der Waals surface area contributed by atoms with Gasteiger partial charge in [-0.25, -0.2) is 0 Å². The third kappa shape index (κ3) is 59.0. The zero-order chi connectivity index (χ0) is 53.6. The van der Waals surface area contributed by atoms with Gasteiger partial charge in [0.2, 0.25) is 0 Å². The SMILES string of the molecule is CC/C=C\C/C=C\C/C=C\C/C=C\C/C=C\C/C=C\CCC(=O)OC(COC(=O)CCCCC/C=C\C/C=C\C/C=C\CC)COC(=O)CCCCCCCCCCCCCCCCCCCCCCCCCC. The van der Waals surface area contributed by atoms with Crippen molar-refractivity contribution < 1.29 is 28.6 Å². The van der Waals surface area contributed by atoms with Crippen LogP contribution in [0.15, 0.2) is 109 Å². The average Bonchev–Trinajstić information content (AvgIpc) is 3.40. The van der Waals surface area contributed by atoms with Crippen molar-refractivity contribution in [3.8, 4) is 0 Å². The topological polar surface area (TPSA) is 78.9 Å². The van der Waals surface area contributed by atoms with Gasteiger partial charge in [0.1, 0.15) is 13.2 Å². The largest absolute Gasteiger partial charge is 0.462 e. The van der Waals surface area contributed by atoms with E-state index in [9.17, 15) is 14.4 Å². The summed E-state index contributed by atoms with van der Waals surface area (Å²) in [4.78, 5) is 38.2. The van der Waals surface area contributed by atoms with Gasteiger partial charge in [-0.15, -0.1) is 0 Å². The van der Waals surface area contributed by atoms with E-state index < -0.39 is 12.1 Å². The van der Waals surface area contributed by atoms with Crippen LogP contribution in [0.3, 0.4) is 0 Å². The molecule has 0 aliphatic rings. The third-order valence-electron chi connectivity index (χ3n) is 13.0. The predicted molar refractivity (Wildman–Crippen MR) is 320 cm³/mol. The highest BCUT2D eigenvalue weighted by Gasteiger charge is 2.19. The molecular formula is C68H114O6. The molecule has 0 saturated heterocycles. The first kappa shape index (κ1) is 70.1. The maximum absolute atomic E-state index is 12.8. The highest BCUT2D eigenvalue weighted by atomic mass is 16.6. The van der Waals surface area contributed by atoms with E-state index >= 15 is 0 Å². The minimum absolute atomic E-state index is 0.117. The monoisotopic (exact) mass is 1030 g/mol. The molecule has 0 bridgehead atoms. The summed E-state index contributed by atoms with van der Waals surface area (Å²) in [5.74, 6) is -1.03. The number of esters is 3. The molecule has 74 heavy (non-hydrogen) atoms. The number of hydrogen-bond acceptors (Lipinski definition) is 6. The Labute approximate surface area is 457 Å². The number of carbonyl (C=O) groups is 3. The lowest BCUT2D eigenvalue weighted by atomic mass is 10.0. The lowest BCUT2D eigenvalue weighted by molar-refractivity contribution is -0.166. The molecule has 0 heterocycles. The molecule has 0 aromatic carbocycles. The van der Waals surface area contributed by atoms with Gasteiger partial charge >= 0.3 is 17.9 Å². The van der Waals surface area contributed by atoms with Crippen LogP contribution >= 0.6 is 0 Å². The van der Waals surface area contributed by atoms with Crippen molar-refractivity contribution in [1.82, 2.24) is 0 Å². The molecule has 422 valence electrons. The van der Waals surface area contributed by atoms with Crippen LogP contribution in [0.5, 0.6) is 0 Å². The van der Waals surface area contributed by atoms with E-state index in [1.807, 2.05) is 12.2 Å². The molecule has 6 nitrogen and oxygen atoms in total. The van der Waals surface area contributed by atoms with Gasteiger partial charge in [0.25, 0.3) is 0 Å². The maximum Gasteiger partial charge on any atom is 0.306 e. The van der Waals surface area contributed by atoms with Crippen molar-refractivity contribution in [1.29, 1.82) is 0 Å². The second kappa shape index (κ2) is 61.6. The van der Waals surface area contributed by atoms with Gasteiger partial charge in [-0.2, -0.15) is 0 Å². The Morgan fingerprint density at radius 2 is 0.554 bits per heavy atom. The molecule has 0 aromatic heterocycles. The quantitative estimate of drug-likeness (QED) is 0.0261. The van der Waals surface area contributed by atoms with Gasteiger partial charge in [0.05, 0.1) is 0 Å². The fourth-order valence-corrected chi connectivity index (χ4v) is 8.48. The van der Waals surface area contributed by atoms with E-state index in [-0.39, 0.29) is 31.6 Å². The van der Waals surface area contributed by atoms with E-state index in [1.165, 1.54) is 135 Å². The van der Waals surface area contributed by atoms with Gasteiger partial charge in [0.15, 0.2) is 6.10 Å². The minimum atomic E-state index is -0.832. The molecule has 6 heteroatoms. The van der Waals surface area contributed by atoms with E-state index in [0.29, 0.717) is 19.3 Å². The van der Waals surface area contributed by atoms with E-state index in [4.69, 9.17) is 14.2 Å². The summed E-state index contributed by atoms with van der Waals surface area (Å²) < 4.78 is 16.8. The molecular weight excluding hydrogens is 913 g/mol. The van der Waals surface area contributed by atoms with Gasteiger partial charge < -0.3 is 14.2 Å². The summed E-state index contributed by atoms with van der Waals surface area (Å²) in [6.07, 6.45) is 84.0. The number of rotatable bonds is 55. The summed E-state index contributed by atoms with van der Waals surface area (Å²) >= 11 is 0. The lowest BCUT2D eigenvalue weighted by Crippen LogP contribution is -2.30. The van der Waals surface area contributed by atoms with Crippen molar-refractivity contribution in [2.24, 2.45) is 0 Å². The van der Waals surface area contributed by atoms with Crippen LogP contribution in [0.1, 0.15) is 284 Å². The van der Waals surface area contributed by atoms with Crippen molar-refractivity contribution in [3.63, 3.8) is 0 Å². The lowest BCUT2D eigenvalue weighted by Gasteiger charge is -2.18. The molecule has 0 radical (unpaired) electrons. The fraction of sp³-hybridized carbons (Fsp3) is 0.691. The summed E-state index contributed by atoms with van der Waals surface area (Å²) in [5, 5.41) is 0. The summed E-state index contributed by atoms with van der Waals surface area (Å²) in [5.41, 5.74) is 0. The zero-order valence-corrected chi connectivity index (χ0v) is 48.3. The van der Waals surface area contributed by atoms with Crippen molar-refractivity contribution in [3.05, 3.63) is 109 Å². The molecule has 0 aliphatic heterocycles. The zero-order valence-electron chi connectivity index (χ0n) is 48.3. The minimum Gasteiger partial charge on any atom is -0.462 e. The molecule has 1 atom stereocenters. The van der Waals surface area contributed by atoms with Crippen LogP contribution in [0.2, 0.25) is 0 Å². The summed E-state index contributed by atoms with van der Waals surface area (Å²) in [6, 6.07) is 0. The second-order valence-electron chi connectivity index (χ2n) is 20.2. The Bertz CT molecular complexity index is 1510. The third-order valence-corrected chi connectivity index (χ3v) is 13.0. The Balaban J connectivity index is 4.41. The van der Waals surface area contributed by atoms with Crippen LogP contribution in [0.4, 0.5) is 0 Å². The first-order valence-electron chi connectivity index (χ1n) is 30.9. The molecule has 1 unspecified atom stereocenters. The Kier molecular flexibility index (Phi) is 58.3. The first-order valence-corrected chi connectivity index (χ1v) is 30.9. The second-order valence-corrected chi connectivity index (χ2v) is 20.2. The highest BCUT2D eigenvalue weighted by molar-refractivity contribution is 5.71. The molecule has 0 aliphatic carbocycles. The molecule has 0 rings (SSSR count). The normalized spacial score (nSPS) is 12.9. The van der Waals surface area contributed by atoms with E-state index in [1.54, 1.807) is 0 Å². The summed E-state index contributed by atoms with van der Waals surface area (Å²) in [7, 11) is 0. The molecule has 0 amide bonds. The molecule has 0 fully saturated rings. The van der Waals surface area contributed by atoms with Gasteiger partial charge in [0, 0.05) is 19.3 Å². The molecule has 0 saturated carbocycles. The van der Waals surface area contributed by atoms with Crippen molar-refractivity contribution >= 4 is 17.9 Å². The molecule has 0 spiro atoms. The smallest absolute Gasteiger partial charge is 0.306 e. The van der Waals surface area contributed by atoms with Crippen LogP contribution in [-0.4, -0.2) is 37.2 Å². The standard InChI is InChI=1S/C68H114O6/c1-4-7-10-13-16-19-22-25-27-29-31-32-33-34-35-37-38-40-43-46-49-52-55-58-61-67(70)73-64-65(63-72-66(69)60-57-54-51-48-45-42-24-21-18-15-12-9-6-3)74-68(71)62-59-56-53-50-47-44-41-39-36-30-28-26-23-20-17-14-11-8-5-2/h8-9,11-12,17-18,20-21,26,28,36,39,42,44-45,47,53,56,65H,4-7,10,13-16,19,22-25,27,29-35,37-38,40-41,43,46,48-52,54-55,57-64H2,1-3H3/b11-8-,12-9-,20-17-,21-18-,28-26-,39-36-,45-42-,47-44-,56-53-. The van der Waals surface area contributed by atoms with Crippen molar-refractivity contribution in [2.45, 2.75) is 290 Å². The maximum atomic E-state index is 12.8. The fourth-order valence-electron chi connectivity index (χ4n) is 8.48. The van der Waals surface area contributed by atoms with Gasteiger partial charge in [-0.1, -0.05) is 284 Å². The first-order chi connectivity index (χ1) is 36.5. The van der Waals surface area contributed by atoms with Gasteiger partial charge in [-0.3, -0.25) is 14.4 Å². The number of carbonyl (C=O) groups excluding carboxylic acids is 3. The Morgan fingerprint density at radius 3 is 0.878 bits per heavy atom. The van der Waals surface area contributed by atoms with E-state index in [2.05, 4.69) is 118 Å².